The Kier molecular flexibility index (Phi) is 3.29. The molecule has 2 N–H and O–H groups in total. The molecule has 1 aliphatic heterocycles. The minimum Gasteiger partial charge on any atom is -0.306 e. The van der Waals surface area contributed by atoms with Crippen molar-refractivity contribution in [2.24, 2.45) is 22.1 Å². The predicted molar refractivity (Wildman–Crippen MR) is 44.1 cm³/mol. The van der Waals surface area contributed by atoms with Gasteiger partial charge in [0.15, 0.2) is 0 Å². The normalized spacial score (nSPS) is 23.0. The molecule has 1 fully saturated rings. The molecule has 0 atom stereocenters. The predicted octanol–water partition coefficient (Wildman–Crippen LogP) is 0.654. The van der Waals surface area contributed by atoms with Crippen molar-refractivity contribution in [2.45, 2.75) is 12.8 Å². The Balaban J connectivity index is 2.17. The number of piperidine rings is 1. The smallest absolute Gasteiger partial charge is 0.0649 e. The van der Waals surface area contributed by atoms with Crippen LogP contribution in [0.2, 0.25) is 0 Å². The summed E-state index contributed by atoms with van der Waals surface area (Å²) in [4.78, 5) is 2.34. The Morgan fingerprint density at radius 3 is 2.64 bits per heavy atom. The summed E-state index contributed by atoms with van der Waals surface area (Å²) < 4.78 is 0. The van der Waals surface area contributed by atoms with Gasteiger partial charge in [0.25, 0.3) is 0 Å². The fourth-order valence-electron chi connectivity index (χ4n) is 1.41. The number of rotatable bonds is 2. The van der Waals surface area contributed by atoms with Crippen LogP contribution in [-0.4, -0.2) is 31.6 Å². The number of nitrogens with zero attached hydrogens (tertiary/aromatic N) is 3. The molecule has 1 rings (SSSR count). The zero-order valence-corrected chi connectivity index (χ0v) is 7.03. The first-order chi connectivity index (χ1) is 5.33. The monoisotopic (exact) mass is 156 g/mol. The fraction of sp³-hybridized carbons (Fsp3) is 1.00. The highest BCUT2D eigenvalue weighted by Crippen LogP contribution is 2.15. The number of hydrogen-bond acceptors (Lipinski definition) is 3. The topological polar surface area (TPSA) is 54.0 Å². The van der Waals surface area contributed by atoms with E-state index < -0.39 is 0 Å². The number of hydrogen-bond donors (Lipinski definition) is 1. The van der Waals surface area contributed by atoms with Gasteiger partial charge in [0.05, 0.1) is 6.54 Å². The Hall–Kier alpha value is -0.640. The van der Waals surface area contributed by atoms with E-state index in [2.05, 4.69) is 22.3 Å². The molecule has 0 unspecified atom stereocenters. The van der Waals surface area contributed by atoms with Crippen LogP contribution in [0.25, 0.3) is 0 Å². The molecular formula is C7H16N4. The maximum Gasteiger partial charge on any atom is 0.0649 e. The van der Waals surface area contributed by atoms with E-state index in [0.717, 1.165) is 6.54 Å². The molecule has 1 heterocycles. The summed E-state index contributed by atoms with van der Waals surface area (Å²) in [6.45, 7) is 3.18. The van der Waals surface area contributed by atoms with Gasteiger partial charge in [-0.05, 0) is 38.9 Å². The molecule has 0 amide bonds. The van der Waals surface area contributed by atoms with E-state index in [4.69, 9.17) is 5.84 Å². The highest BCUT2D eigenvalue weighted by Gasteiger charge is 2.15. The lowest BCUT2D eigenvalue weighted by atomic mass is 9.98. The molecule has 4 nitrogen and oxygen atoms in total. The average Bonchev–Trinajstić information content (AvgIpc) is 2.04. The van der Waals surface area contributed by atoms with Gasteiger partial charge in [0.2, 0.25) is 0 Å². The molecule has 1 saturated heterocycles. The summed E-state index contributed by atoms with van der Waals surface area (Å²) in [5.41, 5.74) is 0. The summed E-state index contributed by atoms with van der Waals surface area (Å²) in [5, 5.41) is 7.06. The third kappa shape index (κ3) is 2.84. The van der Waals surface area contributed by atoms with Crippen LogP contribution in [0.3, 0.4) is 0 Å². The van der Waals surface area contributed by atoms with E-state index in [9.17, 15) is 0 Å². The van der Waals surface area contributed by atoms with Gasteiger partial charge in [-0.25, -0.2) is 0 Å². The van der Waals surface area contributed by atoms with Crippen molar-refractivity contribution in [3.63, 3.8) is 0 Å². The minimum absolute atomic E-state index is 0.707. The van der Waals surface area contributed by atoms with Crippen molar-refractivity contribution in [2.75, 3.05) is 26.7 Å². The van der Waals surface area contributed by atoms with Crippen LogP contribution in [0.4, 0.5) is 0 Å². The highest BCUT2D eigenvalue weighted by molar-refractivity contribution is 4.70. The molecule has 0 spiro atoms. The zero-order valence-electron chi connectivity index (χ0n) is 7.03. The molecule has 0 aliphatic carbocycles. The molecular weight excluding hydrogens is 140 g/mol. The van der Waals surface area contributed by atoms with Crippen molar-refractivity contribution in [3.05, 3.63) is 0 Å². The van der Waals surface area contributed by atoms with Crippen LogP contribution in [-0.2, 0) is 0 Å². The Bertz CT molecular complexity index is 126. The van der Waals surface area contributed by atoms with E-state index in [1.807, 2.05) is 0 Å². The number of likely N-dealkylation sites (tertiary alicyclic amines) is 1. The van der Waals surface area contributed by atoms with E-state index in [1.54, 1.807) is 0 Å². The molecule has 0 aromatic heterocycles. The van der Waals surface area contributed by atoms with Gasteiger partial charge in [-0.15, -0.1) is 0 Å². The Morgan fingerprint density at radius 1 is 1.45 bits per heavy atom. The van der Waals surface area contributed by atoms with E-state index in [-0.39, 0.29) is 0 Å². The molecule has 64 valence electrons. The first-order valence-corrected chi connectivity index (χ1v) is 4.08. The molecule has 0 radical (unpaired) electrons. The second-order valence-electron chi connectivity index (χ2n) is 3.19. The summed E-state index contributed by atoms with van der Waals surface area (Å²) in [5.74, 6) is 5.63. The maximum absolute atomic E-state index is 4.92. The van der Waals surface area contributed by atoms with Crippen LogP contribution >= 0.6 is 0 Å². The van der Waals surface area contributed by atoms with Crippen LogP contribution in [0.1, 0.15) is 12.8 Å². The summed E-state index contributed by atoms with van der Waals surface area (Å²) in [6, 6.07) is 0. The van der Waals surface area contributed by atoms with E-state index in [0.29, 0.717) is 5.92 Å². The molecule has 1 aliphatic rings. The Morgan fingerprint density at radius 2 is 2.09 bits per heavy atom. The van der Waals surface area contributed by atoms with Crippen molar-refractivity contribution < 1.29 is 0 Å². The third-order valence-electron chi connectivity index (χ3n) is 2.26. The highest BCUT2D eigenvalue weighted by atomic mass is 15.3. The van der Waals surface area contributed by atoms with Gasteiger partial charge in [-0.1, -0.05) is 5.22 Å². The lowest BCUT2D eigenvalue weighted by molar-refractivity contribution is 0.222. The van der Waals surface area contributed by atoms with Gasteiger partial charge in [-0.2, -0.15) is 5.11 Å². The van der Waals surface area contributed by atoms with Crippen LogP contribution in [0.15, 0.2) is 10.3 Å². The molecule has 0 aromatic rings. The SMILES string of the molecule is CN1CCC(CN=NN)CC1. The molecule has 0 saturated carbocycles. The second-order valence-corrected chi connectivity index (χ2v) is 3.19. The second kappa shape index (κ2) is 4.28. The quantitative estimate of drug-likeness (QED) is 0.362. The maximum atomic E-state index is 4.92. The summed E-state index contributed by atoms with van der Waals surface area (Å²) >= 11 is 0. The van der Waals surface area contributed by atoms with Gasteiger partial charge >= 0.3 is 0 Å². The van der Waals surface area contributed by atoms with Crippen molar-refractivity contribution >= 4 is 0 Å². The molecule has 4 heteroatoms. The third-order valence-corrected chi connectivity index (χ3v) is 2.26. The molecule has 0 bridgehead atoms. The number of nitrogens with two attached hydrogens (primary N) is 1. The molecule has 11 heavy (non-hydrogen) atoms. The first kappa shape index (κ1) is 8.46. The van der Waals surface area contributed by atoms with Crippen LogP contribution in [0.5, 0.6) is 0 Å². The lowest BCUT2D eigenvalue weighted by Crippen LogP contribution is -2.31. The van der Waals surface area contributed by atoms with Gasteiger partial charge in [0.1, 0.15) is 0 Å². The van der Waals surface area contributed by atoms with Gasteiger partial charge in [0, 0.05) is 0 Å². The minimum atomic E-state index is 0.707. The van der Waals surface area contributed by atoms with Crippen molar-refractivity contribution in [1.82, 2.24) is 4.90 Å². The van der Waals surface area contributed by atoms with Gasteiger partial charge in [-0.3, -0.25) is 0 Å². The largest absolute Gasteiger partial charge is 0.306 e. The summed E-state index contributed by atoms with van der Waals surface area (Å²) in [6.07, 6.45) is 2.46. The zero-order chi connectivity index (χ0) is 8.10. The Labute approximate surface area is 67.4 Å². The van der Waals surface area contributed by atoms with E-state index >= 15 is 0 Å². The summed E-state index contributed by atoms with van der Waals surface area (Å²) in [7, 11) is 2.15. The standard InChI is InChI=1S/C7H16N4/c1-11-4-2-7(3-5-11)6-9-10-8/h7H,2-6H2,1H3,(H2,8,9). The van der Waals surface area contributed by atoms with Gasteiger partial charge < -0.3 is 10.7 Å². The first-order valence-electron chi connectivity index (χ1n) is 4.08. The fourth-order valence-corrected chi connectivity index (χ4v) is 1.41. The van der Waals surface area contributed by atoms with E-state index in [1.165, 1.54) is 25.9 Å². The lowest BCUT2D eigenvalue weighted by Gasteiger charge is -2.27. The van der Waals surface area contributed by atoms with Crippen LogP contribution < -0.4 is 5.84 Å². The van der Waals surface area contributed by atoms with Crippen molar-refractivity contribution in [3.8, 4) is 0 Å². The van der Waals surface area contributed by atoms with Crippen LogP contribution in [0, 0.1) is 5.92 Å². The van der Waals surface area contributed by atoms with Crippen molar-refractivity contribution in [1.29, 1.82) is 0 Å². The average molecular weight is 156 g/mol. The molecule has 0 aromatic carbocycles.